The Hall–Kier alpha value is -2.67. The molecule has 3 rings (SSSR count). The van der Waals surface area contributed by atoms with Gasteiger partial charge in [-0.15, -0.1) is 0 Å². The second kappa shape index (κ2) is 8.81. The lowest BCUT2D eigenvalue weighted by Gasteiger charge is -2.31. The molecule has 2 unspecified atom stereocenters. The Balaban J connectivity index is 1.81. The molecule has 2 aromatic rings. The van der Waals surface area contributed by atoms with Crippen LogP contribution in [0.2, 0.25) is 0 Å². The highest BCUT2D eigenvalue weighted by Gasteiger charge is 2.29. The molecule has 1 aliphatic heterocycles. The molecule has 0 aliphatic carbocycles. The predicted molar refractivity (Wildman–Crippen MR) is 103 cm³/mol. The summed E-state index contributed by atoms with van der Waals surface area (Å²) in [6.45, 7) is 3.35. The first-order valence-electron chi connectivity index (χ1n) is 9.33. The molecule has 1 fully saturated rings. The van der Waals surface area contributed by atoms with Crippen molar-refractivity contribution in [3.63, 3.8) is 0 Å². The maximum atomic E-state index is 12.4. The van der Waals surface area contributed by atoms with Gasteiger partial charge in [-0.05, 0) is 50.9 Å². The molecule has 1 aliphatic rings. The topological polar surface area (TPSA) is 92.3 Å². The van der Waals surface area contributed by atoms with Gasteiger partial charge < -0.3 is 20.7 Å². The van der Waals surface area contributed by atoms with Gasteiger partial charge in [-0.25, -0.2) is 4.79 Å². The number of nitrogens with zero attached hydrogens (tertiary/aromatic N) is 1. The van der Waals surface area contributed by atoms with Gasteiger partial charge in [-0.3, -0.25) is 9.78 Å². The van der Waals surface area contributed by atoms with Crippen LogP contribution >= 0.6 is 0 Å². The van der Waals surface area contributed by atoms with E-state index in [1.807, 2.05) is 36.4 Å². The quantitative estimate of drug-likeness (QED) is 0.750. The van der Waals surface area contributed by atoms with Crippen LogP contribution in [0.4, 0.5) is 4.79 Å². The van der Waals surface area contributed by atoms with Crippen LogP contribution in [-0.2, 0) is 9.53 Å². The molecule has 3 N–H and O–H groups in total. The first-order valence-corrected chi connectivity index (χ1v) is 9.33. The van der Waals surface area contributed by atoms with Gasteiger partial charge in [0.05, 0.1) is 17.3 Å². The summed E-state index contributed by atoms with van der Waals surface area (Å²) in [7, 11) is 1.51. The standard InChI is InChI=1S/C20H26N4O3/c1-13(19(25)21-2)27-20(26)24-18(15-9-11-22-12-10-15)17-8-7-14-5-3-4-6-16(14)23-17/h3-8,13,15,18,22H,9-12H2,1-2H3,(H,21,25)(H,24,26). The van der Waals surface area contributed by atoms with Crippen molar-refractivity contribution in [1.29, 1.82) is 0 Å². The molecule has 7 nitrogen and oxygen atoms in total. The van der Waals surface area contributed by atoms with E-state index >= 15 is 0 Å². The van der Waals surface area contributed by atoms with E-state index < -0.39 is 12.2 Å². The van der Waals surface area contributed by atoms with Crippen molar-refractivity contribution in [2.45, 2.75) is 31.9 Å². The summed E-state index contributed by atoms with van der Waals surface area (Å²) in [4.78, 5) is 28.8. The molecule has 7 heteroatoms. The second-order valence-corrected chi connectivity index (χ2v) is 6.80. The summed E-state index contributed by atoms with van der Waals surface area (Å²) in [5, 5.41) is 9.82. The van der Waals surface area contributed by atoms with Crippen molar-refractivity contribution < 1.29 is 14.3 Å². The first-order chi connectivity index (χ1) is 13.1. The van der Waals surface area contributed by atoms with Crippen molar-refractivity contribution in [2.75, 3.05) is 20.1 Å². The number of amides is 2. The van der Waals surface area contributed by atoms with E-state index in [0.29, 0.717) is 0 Å². The third-order valence-electron chi connectivity index (χ3n) is 4.97. The number of hydrogen-bond acceptors (Lipinski definition) is 5. The number of benzene rings is 1. The molecule has 2 amide bonds. The number of para-hydroxylation sites is 1. The normalized spacial score (nSPS) is 17.1. The van der Waals surface area contributed by atoms with Gasteiger partial charge >= 0.3 is 6.09 Å². The van der Waals surface area contributed by atoms with Crippen LogP contribution in [0.3, 0.4) is 0 Å². The summed E-state index contributed by atoms with van der Waals surface area (Å²) >= 11 is 0. The Kier molecular flexibility index (Phi) is 6.24. The molecule has 1 aromatic heterocycles. The number of alkyl carbamates (subject to hydrolysis) is 1. The van der Waals surface area contributed by atoms with Crippen molar-refractivity contribution in [2.24, 2.45) is 5.92 Å². The third-order valence-corrected chi connectivity index (χ3v) is 4.97. The van der Waals surface area contributed by atoms with Gasteiger partial charge in [0.25, 0.3) is 5.91 Å². The molecule has 1 aromatic carbocycles. The number of fused-ring (bicyclic) bond motifs is 1. The van der Waals surface area contributed by atoms with E-state index in [9.17, 15) is 9.59 Å². The van der Waals surface area contributed by atoms with Crippen LogP contribution < -0.4 is 16.0 Å². The van der Waals surface area contributed by atoms with E-state index in [2.05, 4.69) is 16.0 Å². The van der Waals surface area contributed by atoms with Gasteiger partial charge in [0.1, 0.15) is 0 Å². The van der Waals surface area contributed by atoms with E-state index in [0.717, 1.165) is 42.5 Å². The van der Waals surface area contributed by atoms with Crippen molar-refractivity contribution in [3.8, 4) is 0 Å². The maximum absolute atomic E-state index is 12.4. The van der Waals surface area contributed by atoms with Gasteiger partial charge in [0.2, 0.25) is 0 Å². The fraction of sp³-hybridized carbons (Fsp3) is 0.450. The Morgan fingerprint density at radius 3 is 2.67 bits per heavy atom. The number of piperidine rings is 1. The number of nitrogens with one attached hydrogen (secondary N) is 3. The monoisotopic (exact) mass is 370 g/mol. The fourth-order valence-electron chi connectivity index (χ4n) is 3.44. The SMILES string of the molecule is CNC(=O)C(C)OC(=O)NC(c1ccc2ccccc2n1)C1CCNCC1. The van der Waals surface area contributed by atoms with Crippen molar-refractivity contribution in [3.05, 3.63) is 42.1 Å². The molecular weight excluding hydrogens is 344 g/mol. The number of rotatable bonds is 5. The summed E-state index contributed by atoms with van der Waals surface area (Å²) in [5.74, 6) is -0.0878. The summed E-state index contributed by atoms with van der Waals surface area (Å²) in [6, 6.07) is 11.6. The Morgan fingerprint density at radius 2 is 1.93 bits per heavy atom. The average Bonchev–Trinajstić information content (AvgIpc) is 2.71. The molecule has 27 heavy (non-hydrogen) atoms. The average molecular weight is 370 g/mol. The predicted octanol–water partition coefficient (Wildman–Crippen LogP) is 2.14. The lowest BCUT2D eigenvalue weighted by molar-refractivity contribution is -0.128. The number of hydrogen-bond donors (Lipinski definition) is 3. The second-order valence-electron chi connectivity index (χ2n) is 6.80. The summed E-state index contributed by atoms with van der Waals surface area (Å²) < 4.78 is 5.23. The zero-order valence-electron chi connectivity index (χ0n) is 15.7. The number of likely N-dealkylation sites (N-methyl/N-ethyl adjacent to an activating group) is 1. The minimum Gasteiger partial charge on any atom is -0.436 e. The van der Waals surface area contributed by atoms with E-state index in [4.69, 9.17) is 9.72 Å². The molecule has 0 radical (unpaired) electrons. The van der Waals surface area contributed by atoms with Gasteiger partial charge in [0.15, 0.2) is 6.10 Å². The van der Waals surface area contributed by atoms with Crippen LogP contribution in [0.25, 0.3) is 10.9 Å². The summed E-state index contributed by atoms with van der Waals surface area (Å²) in [5.41, 5.74) is 1.70. The number of carbonyl (C=O) groups is 2. The molecule has 144 valence electrons. The minimum absolute atomic E-state index is 0.253. The van der Waals surface area contributed by atoms with Crippen LogP contribution in [0.5, 0.6) is 0 Å². The Bertz CT molecular complexity index is 805. The highest BCUT2D eigenvalue weighted by atomic mass is 16.6. The van der Waals surface area contributed by atoms with Crippen LogP contribution in [0.15, 0.2) is 36.4 Å². The van der Waals surface area contributed by atoms with E-state index in [-0.39, 0.29) is 17.9 Å². The first kappa shape index (κ1) is 19.1. The molecule has 1 saturated heterocycles. The molecule has 0 saturated carbocycles. The van der Waals surface area contributed by atoms with Crippen molar-refractivity contribution in [1.82, 2.24) is 20.9 Å². The van der Waals surface area contributed by atoms with Crippen LogP contribution in [-0.4, -0.2) is 43.2 Å². The number of aromatic nitrogens is 1. The van der Waals surface area contributed by atoms with Crippen molar-refractivity contribution >= 4 is 22.9 Å². The minimum atomic E-state index is -0.853. The number of carbonyl (C=O) groups excluding carboxylic acids is 2. The Morgan fingerprint density at radius 1 is 1.19 bits per heavy atom. The van der Waals surface area contributed by atoms with Gasteiger partial charge in [-0.1, -0.05) is 24.3 Å². The molecule has 0 bridgehead atoms. The van der Waals surface area contributed by atoms with Crippen LogP contribution in [0.1, 0.15) is 31.5 Å². The Labute approximate surface area is 158 Å². The van der Waals surface area contributed by atoms with E-state index in [1.54, 1.807) is 6.92 Å². The molecule has 2 heterocycles. The van der Waals surface area contributed by atoms with Gasteiger partial charge in [0, 0.05) is 12.4 Å². The zero-order chi connectivity index (χ0) is 19.2. The molecular formula is C20H26N4O3. The maximum Gasteiger partial charge on any atom is 0.408 e. The third kappa shape index (κ3) is 4.74. The highest BCUT2D eigenvalue weighted by molar-refractivity contribution is 5.83. The lowest BCUT2D eigenvalue weighted by atomic mass is 9.88. The number of pyridine rings is 1. The largest absolute Gasteiger partial charge is 0.436 e. The lowest BCUT2D eigenvalue weighted by Crippen LogP contribution is -2.42. The van der Waals surface area contributed by atoms with Crippen LogP contribution in [0, 0.1) is 5.92 Å². The smallest absolute Gasteiger partial charge is 0.408 e. The number of ether oxygens (including phenoxy) is 1. The van der Waals surface area contributed by atoms with E-state index in [1.165, 1.54) is 7.05 Å². The van der Waals surface area contributed by atoms with Gasteiger partial charge in [-0.2, -0.15) is 0 Å². The summed E-state index contributed by atoms with van der Waals surface area (Å²) in [6.07, 6.45) is 0.410. The molecule has 2 atom stereocenters. The highest BCUT2D eigenvalue weighted by Crippen LogP contribution is 2.29. The fourth-order valence-corrected chi connectivity index (χ4v) is 3.44. The zero-order valence-corrected chi connectivity index (χ0v) is 15.7. The molecule has 0 spiro atoms.